The molecule has 2 N–H and O–H groups in total. The smallest absolute Gasteiger partial charge is 0.126 e. The first kappa shape index (κ1) is 11.0. The maximum Gasteiger partial charge on any atom is 0.126 e. The van der Waals surface area contributed by atoms with Crippen LogP contribution in [0.2, 0.25) is 0 Å². The van der Waals surface area contributed by atoms with Gasteiger partial charge in [-0.1, -0.05) is 6.92 Å². The highest BCUT2D eigenvalue weighted by molar-refractivity contribution is 5.36. The number of nitrogens with zero attached hydrogens (tertiary/aromatic N) is 1. The van der Waals surface area contributed by atoms with Crippen LogP contribution in [0, 0.1) is 12.8 Å². The zero-order chi connectivity index (χ0) is 10.4. The van der Waals surface area contributed by atoms with Gasteiger partial charge in [0.05, 0.1) is 0 Å². The maximum absolute atomic E-state index is 4.24. The van der Waals surface area contributed by atoms with Gasteiger partial charge in [-0.25, -0.2) is 4.98 Å². The molecule has 1 heterocycles. The summed E-state index contributed by atoms with van der Waals surface area (Å²) in [5, 5.41) is 6.47. The predicted molar refractivity (Wildman–Crippen MR) is 60.6 cm³/mol. The Morgan fingerprint density at radius 3 is 2.86 bits per heavy atom. The molecule has 14 heavy (non-hydrogen) atoms. The number of anilines is 1. The number of hydrogen-bond donors (Lipinski definition) is 2. The molecule has 0 fully saturated rings. The summed E-state index contributed by atoms with van der Waals surface area (Å²) in [5.74, 6) is 1.58. The molecule has 0 saturated carbocycles. The highest BCUT2D eigenvalue weighted by Gasteiger charge is 2.00. The van der Waals surface area contributed by atoms with E-state index in [1.165, 1.54) is 5.56 Å². The minimum Gasteiger partial charge on any atom is -0.370 e. The van der Waals surface area contributed by atoms with Crippen molar-refractivity contribution in [2.45, 2.75) is 13.8 Å². The first-order valence-electron chi connectivity index (χ1n) is 5.03. The lowest BCUT2D eigenvalue weighted by Gasteiger charge is -2.12. The lowest BCUT2D eigenvalue weighted by molar-refractivity contribution is 0.569. The van der Waals surface area contributed by atoms with Gasteiger partial charge in [0.2, 0.25) is 0 Å². The van der Waals surface area contributed by atoms with Crippen molar-refractivity contribution in [1.29, 1.82) is 0 Å². The molecule has 1 aromatic heterocycles. The van der Waals surface area contributed by atoms with Crippen molar-refractivity contribution in [2.24, 2.45) is 5.92 Å². The summed E-state index contributed by atoms with van der Waals surface area (Å²) >= 11 is 0. The average Bonchev–Trinajstić information content (AvgIpc) is 2.15. The van der Waals surface area contributed by atoms with Crippen molar-refractivity contribution in [1.82, 2.24) is 10.3 Å². The molecular formula is C11H19N3. The Bertz CT molecular complexity index is 273. The van der Waals surface area contributed by atoms with Crippen molar-refractivity contribution < 1.29 is 0 Å². The standard InChI is InChI=1S/C11H19N3/c1-9-4-5-13-11(6-9)14-8-10(2)7-12-3/h4-6,10,12H,7-8H2,1-3H3,(H,13,14). The monoisotopic (exact) mass is 193 g/mol. The van der Waals surface area contributed by atoms with E-state index in [1.54, 1.807) is 0 Å². The number of aromatic nitrogens is 1. The Labute approximate surface area is 85.9 Å². The van der Waals surface area contributed by atoms with Crippen molar-refractivity contribution >= 4 is 5.82 Å². The normalized spacial score (nSPS) is 12.5. The summed E-state index contributed by atoms with van der Waals surface area (Å²) in [6, 6.07) is 4.06. The van der Waals surface area contributed by atoms with Crippen LogP contribution < -0.4 is 10.6 Å². The summed E-state index contributed by atoms with van der Waals surface area (Å²) in [6.07, 6.45) is 1.83. The van der Waals surface area contributed by atoms with Crippen LogP contribution >= 0.6 is 0 Å². The van der Waals surface area contributed by atoms with Crippen LogP contribution in [0.5, 0.6) is 0 Å². The van der Waals surface area contributed by atoms with Crippen LogP contribution in [0.25, 0.3) is 0 Å². The Morgan fingerprint density at radius 1 is 1.43 bits per heavy atom. The quantitative estimate of drug-likeness (QED) is 0.746. The number of hydrogen-bond acceptors (Lipinski definition) is 3. The highest BCUT2D eigenvalue weighted by Crippen LogP contribution is 2.05. The highest BCUT2D eigenvalue weighted by atomic mass is 15.0. The van der Waals surface area contributed by atoms with E-state index in [-0.39, 0.29) is 0 Å². The Hall–Kier alpha value is -1.09. The van der Waals surface area contributed by atoms with Crippen LogP contribution in [0.4, 0.5) is 5.82 Å². The van der Waals surface area contributed by atoms with Crippen molar-refractivity contribution in [3.63, 3.8) is 0 Å². The third kappa shape index (κ3) is 3.75. The van der Waals surface area contributed by atoms with E-state index in [2.05, 4.69) is 35.5 Å². The van der Waals surface area contributed by atoms with Crippen molar-refractivity contribution in [2.75, 3.05) is 25.5 Å². The Morgan fingerprint density at radius 2 is 2.21 bits per heavy atom. The van der Waals surface area contributed by atoms with Gasteiger partial charge in [-0.15, -0.1) is 0 Å². The molecular weight excluding hydrogens is 174 g/mol. The summed E-state index contributed by atoms with van der Waals surface area (Å²) < 4.78 is 0. The molecule has 0 aromatic carbocycles. The van der Waals surface area contributed by atoms with Crippen molar-refractivity contribution in [3.05, 3.63) is 23.9 Å². The molecule has 1 unspecified atom stereocenters. The third-order valence-corrected chi connectivity index (χ3v) is 2.10. The van der Waals surface area contributed by atoms with Crippen LogP contribution in [0.1, 0.15) is 12.5 Å². The lowest BCUT2D eigenvalue weighted by atomic mass is 10.2. The number of aryl methyl sites for hydroxylation is 1. The van der Waals surface area contributed by atoms with Gasteiger partial charge in [0.15, 0.2) is 0 Å². The van der Waals surface area contributed by atoms with E-state index < -0.39 is 0 Å². The largest absolute Gasteiger partial charge is 0.370 e. The SMILES string of the molecule is CNCC(C)CNc1cc(C)ccn1. The van der Waals surface area contributed by atoms with Gasteiger partial charge in [-0.3, -0.25) is 0 Å². The first-order chi connectivity index (χ1) is 6.72. The Balaban J connectivity index is 2.37. The van der Waals surface area contributed by atoms with Crippen LogP contribution in [-0.4, -0.2) is 25.1 Å². The molecule has 0 radical (unpaired) electrons. The maximum atomic E-state index is 4.24. The topological polar surface area (TPSA) is 37.0 Å². The molecule has 1 aromatic rings. The van der Waals surface area contributed by atoms with E-state index in [4.69, 9.17) is 0 Å². The molecule has 0 aliphatic rings. The number of nitrogens with one attached hydrogen (secondary N) is 2. The van der Waals surface area contributed by atoms with Crippen LogP contribution in [0.3, 0.4) is 0 Å². The molecule has 3 heteroatoms. The van der Waals surface area contributed by atoms with E-state index in [0.29, 0.717) is 5.92 Å². The molecule has 1 rings (SSSR count). The molecule has 0 aliphatic carbocycles. The summed E-state index contributed by atoms with van der Waals surface area (Å²) in [5.41, 5.74) is 1.24. The summed E-state index contributed by atoms with van der Waals surface area (Å²) in [7, 11) is 1.97. The fourth-order valence-electron chi connectivity index (χ4n) is 1.33. The first-order valence-corrected chi connectivity index (χ1v) is 5.03. The van der Waals surface area contributed by atoms with E-state index in [0.717, 1.165) is 18.9 Å². The van der Waals surface area contributed by atoms with Crippen molar-refractivity contribution in [3.8, 4) is 0 Å². The minimum absolute atomic E-state index is 0.613. The van der Waals surface area contributed by atoms with E-state index >= 15 is 0 Å². The third-order valence-electron chi connectivity index (χ3n) is 2.10. The van der Waals surface area contributed by atoms with Crippen LogP contribution in [0.15, 0.2) is 18.3 Å². The average molecular weight is 193 g/mol. The molecule has 0 saturated heterocycles. The second-order valence-corrected chi connectivity index (χ2v) is 3.76. The summed E-state index contributed by atoms with van der Waals surface area (Å²) in [4.78, 5) is 4.24. The molecule has 0 aliphatic heterocycles. The fraction of sp³-hybridized carbons (Fsp3) is 0.545. The second-order valence-electron chi connectivity index (χ2n) is 3.76. The zero-order valence-electron chi connectivity index (χ0n) is 9.17. The molecule has 1 atom stereocenters. The van der Waals surface area contributed by atoms with E-state index in [1.807, 2.05) is 19.3 Å². The van der Waals surface area contributed by atoms with Gasteiger partial charge in [0.1, 0.15) is 5.82 Å². The van der Waals surface area contributed by atoms with Gasteiger partial charge in [0, 0.05) is 12.7 Å². The molecule has 0 spiro atoms. The zero-order valence-corrected chi connectivity index (χ0v) is 9.17. The fourth-order valence-corrected chi connectivity index (χ4v) is 1.33. The second kappa shape index (κ2) is 5.60. The number of rotatable bonds is 5. The molecule has 78 valence electrons. The summed E-state index contributed by atoms with van der Waals surface area (Å²) in [6.45, 7) is 6.26. The van der Waals surface area contributed by atoms with Crippen LogP contribution in [-0.2, 0) is 0 Å². The molecule has 3 nitrogen and oxygen atoms in total. The van der Waals surface area contributed by atoms with E-state index in [9.17, 15) is 0 Å². The lowest BCUT2D eigenvalue weighted by Crippen LogP contribution is -2.23. The molecule has 0 amide bonds. The van der Waals surface area contributed by atoms with Gasteiger partial charge < -0.3 is 10.6 Å². The van der Waals surface area contributed by atoms with Gasteiger partial charge in [-0.2, -0.15) is 0 Å². The number of pyridine rings is 1. The minimum atomic E-state index is 0.613. The molecule has 0 bridgehead atoms. The Kier molecular flexibility index (Phi) is 4.40. The van der Waals surface area contributed by atoms with Gasteiger partial charge in [0.25, 0.3) is 0 Å². The van der Waals surface area contributed by atoms with Gasteiger partial charge in [-0.05, 0) is 44.1 Å². The van der Waals surface area contributed by atoms with Gasteiger partial charge >= 0.3 is 0 Å². The predicted octanol–water partition coefficient (Wildman–Crippen LogP) is 1.66.